The number of benzene rings is 2. The highest BCUT2D eigenvalue weighted by atomic mass is 32.2. The number of rotatable bonds is 3. The standard InChI is InChI=1S/C13H8F2N4O3S/c14-11-17-12(15)19-13(18-11)16-9-6-5-7-3-1-2-4-8(7)10(9)23(20,21)22/h1-6H,(H,20,21,22)(H,16,17,18,19). The maximum Gasteiger partial charge on any atom is 0.315 e. The number of fused-ring (bicyclic) bond motifs is 1. The summed E-state index contributed by atoms with van der Waals surface area (Å²) in [4.78, 5) is 8.72. The zero-order valence-corrected chi connectivity index (χ0v) is 12.1. The summed E-state index contributed by atoms with van der Waals surface area (Å²) in [5.74, 6) is -0.532. The van der Waals surface area contributed by atoms with Crippen molar-refractivity contribution in [2.24, 2.45) is 0 Å². The Kier molecular flexibility index (Phi) is 3.62. The van der Waals surface area contributed by atoms with E-state index >= 15 is 0 Å². The molecular weight excluding hydrogens is 330 g/mol. The van der Waals surface area contributed by atoms with Crippen LogP contribution < -0.4 is 5.32 Å². The molecular formula is C13H8F2N4O3S. The zero-order valence-electron chi connectivity index (χ0n) is 11.2. The van der Waals surface area contributed by atoms with Crippen LogP contribution in [-0.4, -0.2) is 27.9 Å². The first-order valence-corrected chi connectivity index (χ1v) is 7.62. The Morgan fingerprint density at radius 1 is 0.957 bits per heavy atom. The van der Waals surface area contributed by atoms with Gasteiger partial charge in [0, 0.05) is 5.39 Å². The quantitative estimate of drug-likeness (QED) is 0.706. The molecule has 0 fully saturated rings. The van der Waals surface area contributed by atoms with Crippen LogP contribution in [0.1, 0.15) is 0 Å². The van der Waals surface area contributed by atoms with E-state index in [1.54, 1.807) is 24.3 Å². The molecule has 7 nitrogen and oxygen atoms in total. The van der Waals surface area contributed by atoms with E-state index in [-0.39, 0.29) is 11.1 Å². The number of nitrogens with one attached hydrogen (secondary N) is 1. The van der Waals surface area contributed by atoms with Crippen molar-refractivity contribution >= 4 is 32.5 Å². The highest BCUT2D eigenvalue weighted by Crippen LogP contribution is 2.31. The third-order valence-corrected chi connectivity index (χ3v) is 3.92. The largest absolute Gasteiger partial charge is 0.323 e. The van der Waals surface area contributed by atoms with Gasteiger partial charge >= 0.3 is 12.2 Å². The Hall–Kier alpha value is -2.72. The van der Waals surface area contributed by atoms with Crippen molar-refractivity contribution in [3.63, 3.8) is 0 Å². The lowest BCUT2D eigenvalue weighted by Gasteiger charge is -2.11. The first kappa shape index (κ1) is 15.2. The van der Waals surface area contributed by atoms with E-state index in [1.165, 1.54) is 12.1 Å². The van der Waals surface area contributed by atoms with Crippen LogP contribution in [0.3, 0.4) is 0 Å². The van der Waals surface area contributed by atoms with Crippen molar-refractivity contribution in [1.29, 1.82) is 0 Å². The number of anilines is 2. The summed E-state index contributed by atoms with van der Waals surface area (Å²) in [6.07, 6.45) is -2.73. The average Bonchev–Trinajstić information content (AvgIpc) is 2.44. The fraction of sp³-hybridized carbons (Fsp3) is 0. The lowest BCUT2D eigenvalue weighted by atomic mass is 10.1. The lowest BCUT2D eigenvalue weighted by Crippen LogP contribution is -2.08. The molecule has 2 aromatic carbocycles. The molecule has 3 rings (SSSR count). The predicted octanol–water partition coefficient (Wildman–Crippen LogP) is 2.29. The third-order valence-electron chi connectivity index (χ3n) is 2.96. The van der Waals surface area contributed by atoms with Crippen LogP contribution in [0.2, 0.25) is 0 Å². The van der Waals surface area contributed by atoms with Crippen LogP contribution in [0.5, 0.6) is 0 Å². The Labute approximate surface area is 128 Å². The second kappa shape index (κ2) is 5.48. The second-order valence-corrected chi connectivity index (χ2v) is 5.82. The van der Waals surface area contributed by atoms with Crippen molar-refractivity contribution in [1.82, 2.24) is 15.0 Å². The molecule has 0 atom stereocenters. The van der Waals surface area contributed by atoms with Crippen molar-refractivity contribution in [2.75, 3.05) is 5.32 Å². The van der Waals surface area contributed by atoms with E-state index < -0.39 is 33.1 Å². The fourth-order valence-corrected chi connectivity index (χ4v) is 2.98. The van der Waals surface area contributed by atoms with Crippen LogP contribution in [-0.2, 0) is 10.1 Å². The molecule has 0 aliphatic heterocycles. The van der Waals surface area contributed by atoms with Crippen LogP contribution in [0.4, 0.5) is 20.4 Å². The summed E-state index contributed by atoms with van der Waals surface area (Å²) in [5.41, 5.74) is -0.129. The maximum atomic E-state index is 13.0. The van der Waals surface area contributed by atoms with Crippen LogP contribution in [0.15, 0.2) is 41.3 Å². The SMILES string of the molecule is O=S(=O)(O)c1c(Nc2nc(F)nc(F)n2)ccc2ccccc12. The minimum Gasteiger partial charge on any atom is -0.323 e. The van der Waals surface area contributed by atoms with E-state index in [4.69, 9.17) is 0 Å². The molecule has 118 valence electrons. The second-order valence-electron chi connectivity index (χ2n) is 4.46. The van der Waals surface area contributed by atoms with Crippen molar-refractivity contribution in [2.45, 2.75) is 4.90 Å². The van der Waals surface area contributed by atoms with E-state index in [0.29, 0.717) is 5.39 Å². The first-order chi connectivity index (χ1) is 10.8. The summed E-state index contributed by atoms with van der Waals surface area (Å²) in [7, 11) is -4.62. The van der Waals surface area contributed by atoms with E-state index in [9.17, 15) is 21.8 Å². The minimum absolute atomic E-state index is 0.129. The van der Waals surface area contributed by atoms with Crippen LogP contribution >= 0.6 is 0 Å². The van der Waals surface area contributed by atoms with Gasteiger partial charge in [0.15, 0.2) is 0 Å². The molecule has 1 heterocycles. The summed E-state index contributed by atoms with van der Waals surface area (Å²) in [6, 6.07) is 9.31. The molecule has 0 unspecified atom stereocenters. The van der Waals surface area contributed by atoms with Gasteiger partial charge in [-0.2, -0.15) is 32.2 Å². The number of nitrogens with zero attached hydrogens (tertiary/aromatic N) is 3. The first-order valence-electron chi connectivity index (χ1n) is 6.18. The molecule has 0 saturated heterocycles. The summed E-state index contributed by atoms with van der Waals surface area (Å²) < 4.78 is 58.9. The van der Waals surface area contributed by atoms with Crippen molar-refractivity contribution < 1.29 is 21.8 Å². The number of aromatic nitrogens is 3. The Morgan fingerprint density at radius 3 is 2.26 bits per heavy atom. The summed E-state index contributed by atoms with van der Waals surface area (Å²) in [6.45, 7) is 0. The van der Waals surface area contributed by atoms with E-state index in [1.807, 2.05) is 0 Å². The lowest BCUT2D eigenvalue weighted by molar-refractivity contribution is 0.458. The molecule has 0 aliphatic carbocycles. The average molecular weight is 338 g/mol. The fourth-order valence-electron chi connectivity index (χ4n) is 2.12. The molecule has 0 spiro atoms. The van der Waals surface area contributed by atoms with Crippen LogP contribution in [0.25, 0.3) is 10.8 Å². The van der Waals surface area contributed by atoms with Crippen molar-refractivity contribution in [3.8, 4) is 0 Å². The number of hydrogen-bond acceptors (Lipinski definition) is 6. The van der Waals surface area contributed by atoms with E-state index in [2.05, 4.69) is 20.3 Å². The number of hydrogen-bond donors (Lipinski definition) is 2. The van der Waals surface area contributed by atoms with Crippen LogP contribution in [0, 0.1) is 12.2 Å². The predicted molar refractivity (Wildman–Crippen MR) is 76.8 cm³/mol. The van der Waals surface area contributed by atoms with Gasteiger partial charge in [0.05, 0.1) is 5.69 Å². The highest BCUT2D eigenvalue weighted by molar-refractivity contribution is 7.86. The smallest absolute Gasteiger partial charge is 0.315 e. The topological polar surface area (TPSA) is 105 Å². The van der Waals surface area contributed by atoms with Gasteiger partial charge in [0.1, 0.15) is 4.90 Å². The monoisotopic (exact) mass is 338 g/mol. The van der Waals surface area contributed by atoms with E-state index in [0.717, 1.165) is 0 Å². The van der Waals surface area contributed by atoms with Gasteiger partial charge in [-0.25, -0.2) is 0 Å². The molecule has 0 aliphatic rings. The van der Waals surface area contributed by atoms with Gasteiger partial charge in [-0.1, -0.05) is 30.3 Å². The Bertz CT molecular complexity index is 991. The zero-order chi connectivity index (χ0) is 16.6. The molecule has 0 radical (unpaired) electrons. The molecule has 3 aromatic rings. The van der Waals surface area contributed by atoms with Gasteiger partial charge in [0.25, 0.3) is 10.1 Å². The molecule has 23 heavy (non-hydrogen) atoms. The van der Waals surface area contributed by atoms with Gasteiger partial charge in [-0.3, -0.25) is 4.55 Å². The van der Waals surface area contributed by atoms with Gasteiger partial charge in [0.2, 0.25) is 5.95 Å². The maximum absolute atomic E-state index is 13.0. The van der Waals surface area contributed by atoms with Gasteiger partial charge in [-0.05, 0) is 11.5 Å². The number of halogens is 2. The summed E-state index contributed by atoms with van der Waals surface area (Å²) >= 11 is 0. The third kappa shape index (κ3) is 3.07. The molecule has 0 saturated carbocycles. The normalized spacial score (nSPS) is 11.6. The molecule has 0 amide bonds. The Balaban J connectivity index is 2.21. The molecule has 10 heteroatoms. The van der Waals surface area contributed by atoms with Gasteiger partial charge in [-0.15, -0.1) is 0 Å². The summed E-state index contributed by atoms with van der Waals surface area (Å²) in [5, 5.41) is 3.16. The molecule has 1 aromatic heterocycles. The minimum atomic E-state index is -4.62. The Morgan fingerprint density at radius 2 is 1.61 bits per heavy atom. The molecule has 0 bridgehead atoms. The molecule has 2 N–H and O–H groups in total. The van der Waals surface area contributed by atoms with Crippen molar-refractivity contribution in [3.05, 3.63) is 48.6 Å². The van der Waals surface area contributed by atoms with Gasteiger partial charge < -0.3 is 5.32 Å². The highest BCUT2D eigenvalue weighted by Gasteiger charge is 2.20.